The number of phenolic OH excluding ortho intramolecular Hbond substituents is 1. The quantitative estimate of drug-likeness (QED) is 0.638. The predicted octanol–water partition coefficient (Wildman–Crippen LogP) is 1.14. The van der Waals surface area contributed by atoms with Gasteiger partial charge in [0.15, 0.2) is 0 Å². The first-order valence-corrected chi connectivity index (χ1v) is 5.90. The molecular formula is C13H18N2O4. The lowest BCUT2D eigenvalue weighted by Gasteiger charge is -2.14. The number of phenols is 1. The Hall–Kier alpha value is -2.08. The molecule has 1 aromatic carbocycles. The van der Waals surface area contributed by atoms with Crippen LogP contribution in [0.4, 0.5) is 5.69 Å². The van der Waals surface area contributed by atoms with Crippen molar-refractivity contribution in [2.45, 2.75) is 32.7 Å². The number of hydrogen-bond donors (Lipinski definition) is 4. The monoisotopic (exact) mass is 266 g/mol. The second-order valence-electron chi connectivity index (χ2n) is 4.43. The van der Waals surface area contributed by atoms with E-state index >= 15 is 0 Å². The molecule has 104 valence electrons. The zero-order valence-corrected chi connectivity index (χ0v) is 10.9. The number of nitrogens with one attached hydrogen (secondary N) is 1. The van der Waals surface area contributed by atoms with Crippen LogP contribution in [0.15, 0.2) is 12.1 Å². The number of hydrogen-bond acceptors (Lipinski definition) is 4. The second kappa shape index (κ2) is 6.19. The van der Waals surface area contributed by atoms with E-state index in [1.54, 1.807) is 26.0 Å². The molecule has 1 rings (SSSR count). The summed E-state index contributed by atoms with van der Waals surface area (Å²) in [5, 5.41) is 20.9. The lowest BCUT2D eigenvalue weighted by Crippen LogP contribution is -2.36. The van der Waals surface area contributed by atoms with Gasteiger partial charge in [0.1, 0.15) is 5.75 Å². The van der Waals surface area contributed by atoms with Gasteiger partial charge >= 0.3 is 5.97 Å². The summed E-state index contributed by atoms with van der Waals surface area (Å²) >= 11 is 0. The van der Waals surface area contributed by atoms with Crippen LogP contribution in [0, 0.1) is 13.8 Å². The summed E-state index contributed by atoms with van der Waals surface area (Å²) < 4.78 is 0. The summed E-state index contributed by atoms with van der Waals surface area (Å²) in [7, 11) is 0. The highest BCUT2D eigenvalue weighted by molar-refractivity contribution is 5.95. The summed E-state index contributed by atoms with van der Waals surface area (Å²) in [4.78, 5) is 22.2. The van der Waals surface area contributed by atoms with Crippen molar-refractivity contribution in [2.24, 2.45) is 5.73 Å². The smallest absolute Gasteiger partial charge is 0.303 e. The third kappa shape index (κ3) is 3.96. The van der Waals surface area contributed by atoms with E-state index in [2.05, 4.69) is 5.32 Å². The fourth-order valence-electron chi connectivity index (χ4n) is 1.61. The van der Waals surface area contributed by atoms with Crippen molar-refractivity contribution in [1.82, 2.24) is 0 Å². The minimum absolute atomic E-state index is 0.0675. The minimum Gasteiger partial charge on any atom is -0.507 e. The van der Waals surface area contributed by atoms with E-state index < -0.39 is 17.9 Å². The molecule has 0 aromatic heterocycles. The van der Waals surface area contributed by atoms with Crippen molar-refractivity contribution in [3.05, 3.63) is 23.3 Å². The van der Waals surface area contributed by atoms with E-state index in [0.717, 1.165) is 0 Å². The molecule has 1 aromatic rings. The number of aliphatic carboxylic acids is 1. The van der Waals surface area contributed by atoms with Crippen molar-refractivity contribution in [3.63, 3.8) is 0 Å². The van der Waals surface area contributed by atoms with Crippen molar-refractivity contribution in [3.8, 4) is 5.75 Å². The topological polar surface area (TPSA) is 113 Å². The number of anilines is 1. The lowest BCUT2D eigenvalue weighted by atomic mass is 10.1. The molecule has 1 unspecified atom stereocenters. The van der Waals surface area contributed by atoms with Gasteiger partial charge in [0.05, 0.1) is 6.04 Å². The molecule has 0 aliphatic rings. The third-order valence-electron chi connectivity index (χ3n) is 2.90. The van der Waals surface area contributed by atoms with Crippen LogP contribution in [0.5, 0.6) is 5.75 Å². The highest BCUT2D eigenvalue weighted by Crippen LogP contribution is 2.28. The fourth-order valence-corrected chi connectivity index (χ4v) is 1.61. The number of carboxylic acids is 1. The van der Waals surface area contributed by atoms with E-state index in [1.807, 2.05) is 0 Å². The van der Waals surface area contributed by atoms with Crippen LogP contribution in [0.25, 0.3) is 0 Å². The van der Waals surface area contributed by atoms with Crippen molar-refractivity contribution >= 4 is 17.6 Å². The summed E-state index contributed by atoms with van der Waals surface area (Å²) in [6.07, 6.45) is -0.0925. The Morgan fingerprint density at radius 3 is 2.58 bits per heavy atom. The summed E-state index contributed by atoms with van der Waals surface area (Å²) in [5.41, 5.74) is 7.33. The number of aromatic hydroxyl groups is 1. The van der Waals surface area contributed by atoms with E-state index in [1.165, 1.54) is 0 Å². The Balaban J connectivity index is 2.72. The van der Waals surface area contributed by atoms with Crippen LogP contribution in [0.3, 0.4) is 0 Å². The highest BCUT2D eigenvalue weighted by Gasteiger charge is 2.16. The molecule has 0 fully saturated rings. The van der Waals surface area contributed by atoms with Gasteiger partial charge in [0.25, 0.3) is 0 Å². The number of carbonyl (C=O) groups excluding carboxylic acids is 1. The number of amides is 1. The molecule has 0 heterocycles. The molecule has 6 nitrogen and oxygen atoms in total. The standard InChI is InChI=1S/C13H18N2O4/c1-7-3-5-10(8(2)12(7)18)15-13(19)9(14)4-6-11(16)17/h3,5,9,18H,4,6,14H2,1-2H3,(H,15,19)(H,16,17). The molecule has 0 saturated heterocycles. The molecule has 0 aliphatic heterocycles. The Morgan fingerprint density at radius 1 is 1.37 bits per heavy atom. The van der Waals surface area contributed by atoms with Crippen LogP contribution >= 0.6 is 0 Å². The number of benzene rings is 1. The van der Waals surface area contributed by atoms with Gasteiger partial charge in [-0.15, -0.1) is 0 Å². The fraction of sp³-hybridized carbons (Fsp3) is 0.385. The average molecular weight is 266 g/mol. The van der Waals surface area contributed by atoms with E-state index in [-0.39, 0.29) is 18.6 Å². The molecule has 0 saturated carbocycles. The molecule has 0 aliphatic carbocycles. The number of carboxylic acid groups (broad SMARTS) is 1. The zero-order valence-electron chi connectivity index (χ0n) is 10.9. The van der Waals surface area contributed by atoms with Gasteiger partial charge in [-0.2, -0.15) is 0 Å². The lowest BCUT2D eigenvalue weighted by molar-refractivity contribution is -0.137. The molecule has 0 bridgehead atoms. The Bertz CT molecular complexity index is 500. The Morgan fingerprint density at radius 2 is 2.00 bits per heavy atom. The minimum atomic E-state index is -0.993. The van der Waals surface area contributed by atoms with Crippen LogP contribution in [-0.2, 0) is 9.59 Å². The Labute approximate surface area is 111 Å². The van der Waals surface area contributed by atoms with Gasteiger partial charge in [-0.1, -0.05) is 6.07 Å². The first kappa shape index (κ1) is 15.0. The predicted molar refractivity (Wildman–Crippen MR) is 71.1 cm³/mol. The highest BCUT2D eigenvalue weighted by atomic mass is 16.4. The van der Waals surface area contributed by atoms with Gasteiger partial charge in [0, 0.05) is 17.7 Å². The number of nitrogens with two attached hydrogens (primary N) is 1. The maximum Gasteiger partial charge on any atom is 0.303 e. The molecular weight excluding hydrogens is 248 g/mol. The summed E-state index contributed by atoms with van der Waals surface area (Å²) in [6, 6.07) is 2.46. The molecule has 5 N–H and O–H groups in total. The average Bonchev–Trinajstić information content (AvgIpc) is 2.36. The number of carbonyl (C=O) groups is 2. The first-order chi connectivity index (χ1) is 8.82. The molecule has 0 radical (unpaired) electrons. The second-order valence-corrected chi connectivity index (χ2v) is 4.43. The van der Waals surface area contributed by atoms with Gasteiger partial charge in [-0.3, -0.25) is 9.59 Å². The van der Waals surface area contributed by atoms with E-state index in [4.69, 9.17) is 10.8 Å². The molecule has 19 heavy (non-hydrogen) atoms. The van der Waals surface area contributed by atoms with Crippen LogP contribution in [0.1, 0.15) is 24.0 Å². The Kier molecular flexibility index (Phi) is 4.88. The molecule has 6 heteroatoms. The zero-order chi connectivity index (χ0) is 14.6. The summed E-state index contributed by atoms with van der Waals surface area (Å²) in [6.45, 7) is 3.44. The van der Waals surface area contributed by atoms with E-state index in [0.29, 0.717) is 16.8 Å². The maximum absolute atomic E-state index is 11.8. The molecule has 1 amide bonds. The maximum atomic E-state index is 11.8. The van der Waals surface area contributed by atoms with Crippen molar-refractivity contribution in [2.75, 3.05) is 5.32 Å². The van der Waals surface area contributed by atoms with Gasteiger partial charge in [0.2, 0.25) is 5.91 Å². The largest absolute Gasteiger partial charge is 0.507 e. The molecule has 0 spiro atoms. The summed E-state index contributed by atoms with van der Waals surface area (Å²) in [5.74, 6) is -1.34. The molecule has 1 atom stereocenters. The normalized spacial score (nSPS) is 11.9. The van der Waals surface area contributed by atoms with E-state index in [9.17, 15) is 14.7 Å². The van der Waals surface area contributed by atoms with Crippen molar-refractivity contribution < 1.29 is 19.8 Å². The number of aryl methyl sites for hydroxylation is 1. The van der Waals surface area contributed by atoms with Gasteiger partial charge < -0.3 is 21.3 Å². The third-order valence-corrected chi connectivity index (χ3v) is 2.90. The van der Waals surface area contributed by atoms with Gasteiger partial charge in [-0.25, -0.2) is 0 Å². The first-order valence-electron chi connectivity index (χ1n) is 5.90. The van der Waals surface area contributed by atoms with Crippen LogP contribution in [0.2, 0.25) is 0 Å². The number of rotatable bonds is 5. The van der Waals surface area contributed by atoms with Gasteiger partial charge in [-0.05, 0) is 31.9 Å². The SMILES string of the molecule is Cc1ccc(NC(=O)C(N)CCC(=O)O)c(C)c1O. The van der Waals surface area contributed by atoms with Crippen LogP contribution < -0.4 is 11.1 Å². The van der Waals surface area contributed by atoms with Crippen molar-refractivity contribution in [1.29, 1.82) is 0 Å². The van der Waals surface area contributed by atoms with Crippen LogP contribution in [-0.4, -0.2) is 28.1 Å².